The van der Waals surface area contributed by atoms with Gasteiger partial charge >= 0.3 is 0 Å². The molecule has 124 valence electrons. The zero-order valence-corrected chi connectivity index (χ0v) is 14.4. The molecule has 5 heteroatoms. The number of benzene rings is 1. The van der Waals surface area contributed by atoms with Crippen molar-refractivity contribution in [3.63, 3.8) is 0 Å². The number of hydrogen-bond donors (Lipinski definition) is 2. The average molecular weight is 327 g/mol. The van der Waals surface area contributed by atoms with Crippen LogP contribution in [0.15, 0.2) is 24.3 Å². The number of nitrogens with two attached hydrogens (primary N) is 1. The number of carbonyl (C=O) groups is 1. The first kappa shape index (κ1) is 18.8. The van der Waals surface area contributed by atoms with Crippen LogP contribution < -0.4 is 15.8 Å². The smallest absolute Gasteiger partial charge is 0.240 e. The maximum atomic E-state index is 12.3. The molecule has 1 saturated carbocycles. The van der Waals surface area contributed by atoms with Gasteiger partial charge in [-0.25, -0.2) is 0 Å². The standard InChI is InChI=1S/C17H26N2O2.ClH/c1-12(2)21-15-8-6-7-14(11-15)13(3)19-16(20)17(18)9-4-5-10-17;/h6-8,11-13H,4-5,9-10,18H2,1-3H3,(H,19,20);1H. The van der Waals surface area contributed by atoms with Crippen LogP contribution in [-0.4, -0.2) is 17.6 Å². The third-order valence-electron chi connectivity index (χ3n) is 4.03. The zero-order chi connectivity index (χ0) is 15.5. The van der Waals surface area contributed by atoms with Crippen molar-refractivity contribution < 1.29 is 9.53 Å². The van der Waals surface area contributed by atoms with E-state index in [1.54, 1.807) is 0 Å². The monoisotopic (exact) mass is 326 g/mol. The third-order valence-corrected chi connectivity index (χ3v) is 4.03. The van der Waals surface area contributed by atoms with Crippen LogP contribution in [0.25, 0.3) is 0 Å². The van der Waals surface area contributed by atoms with Crippen LogP contribution in [0.2, 0.25) is 0 Å². The van der Waals surface area contributed by atoms with E-state index in [1.165, 1.54) is 0 Å². The van der Waals surface area contributed by atoms with Gasteiger partial charge in [0.25, 0.3) is 0 Å². The van der Waals surface area contributed by atoms with Crippen LogP contribution in [0.4, 0.5) is 0 Å². The molecule has 0 heterocycles. The molecule has 4 nitrogen and oxygen atoms in total. The molecule has 0 bridgehead atoms. The normalized spacial score (nSPS) is 17.7. The Bertz CT molecular complexity index is 499. The SMILES string of the molecule is CC(C)Oc1cccc(C(C)NC(=O)C2(N)CCCC2)c1.Cl. The highest BCUT2D eigenvalue weighted by Crippen LogP contribution is 2.28. The second-order valence-electron chi connectivity index (χ2n) is 6.30. The first-order valence-corrected chi connectivity index (χ1v) is 7.77. The van der Waals surface area contributed by atoms with Crippen molar-refractivity contribution in [2.75, 3.05) is 0 Å². The van der Waals surface area contributed by atoms with Gasteiger partial charge in [-0.2, -0.15) is 0 Å². The Kier molecular flexibility index (Phi) is 6.69. The minimum absolute atomic E-state index is 0. The van der Waals surface area contributed by atoms with Gasteiger partial charge in [-0.15, -0.1) is 12.4 Å². The quantitative estimate of drug-likeness (QED) is 0.872. The van der Waals surface area contributed by atoms with E-state index in [4.69, 9.17) is 10.5 Å². The molecule has 0 radical (unpaired) electrons. The van der Waals surface area contributed by atoms with E-state index in [1.807, 2.05) is 45.0 Å². The lowest BCUT2D eigenvalue weighted by Gasteiger charge is -2.25. The highest BCUT2D eigenvalue weighted by molar-refractivity contribution is 5.86. The Morgan fingerprint density at radius 2 is 1.91 bits per heavy atom. The molecule has 1 aromatic rings. The van der Waals surface area contributed by atoms with Gasteiger partial charge in [0.2, 0.25) is 5.91 Å². The largest absolute Gasteiger partial charge is 0.491 e. The Balaban J connectivity index is 0.00000242. The summed E-state index contributed by atoms with van der Waals surface area (Å²) in [4.78, 5) is 12.3. The summed E-state index contributed by atoms with van der Waals surface area (Å²) in [5.41, 5.74) is 6.54. The van der Waals surface area contributed by atoms with Crippen LogP contribution in [-0.2, 0) is 4.79 Å². The Labute approximate surface area is 139 Å². The number of amides is 1. The minimum Gasteiger partial charge on any atom is -0.491 e. The highest BCUT2D eigenvalue weighted by atomic mass is 35.5. The summed E-state index contributed by atoms with van der Waals surface area (Å²) >= 11 is 0. The summed E-state index contributed by atoms with van der Waals surface area (Å²) in [6.45, 7) is 5.97. The number of ether oxygens (including phenoxy) is 1. The van der Waals surface area contributed by atoms with Crippen LogP contribution in [0, 0.1) is 0 Å². The van der Waals surface area contributed by atoms with E-state index < -0.39 is 5.54 Å². The molecule has 1 aromatic carbocycles. The van der Waals surface area contributed by atoms with E-state index in [0.717, 1.165) is 37.0 Å². The second kappa shape index (κ2) is 7.84. The molecular weight excluding hydrogens is 300 g/mol. The Morgan fingerprint density at radius 1 is 1.27 bits per heavy atom. The number of hydrogen-bond acceptors (Lipinski definition) is 3. The third kappa shape index (κ3) is 4.62. The molecule has 3 N–H and O–H groups in total. The fourth-order valence-electron chi connectivity index (χ4n) is 2.79. The Hall–Kier alpha value is -1.26. The predicted octanol–water partition coefficient (Wildman–Crippen LogP) is 3.34. The fourth-order valence-corrected chi connectivity index (χ4v) is 2.79. The highest BCUT2D eigenvalue weighted by Gasteiger charge is 2.37. The molecule has 1 amide bonds. The van der Waals surface area contributed by atoms with E-state index in [-0.39, 0.29) is 30.5 Å². The Morgan fingerprint density at radius 3 is 2.50 bits per heavy atom. The molecule has 1 unspecified atom stereocenters. The van der Waals surface area contributed by atoms with Gasteiger partial charge < -0.3 is 15.8 Å². The number of halogens is 1. The van der Waals surface area contributed by atoms with Crippen molar-refractivity contribution in [1.82, 2.24) is 5.32 Å². The summed E-state index contributed by atoms with van der Waals surface area (Å²) in [6.07, 6.45) is 3.77. The van der Waals surface area contributed by atoms with E-state index in [2.05, 4.69) is 5.32 Å². The molecule has 1 atom stereocenters. The molecule has 1 aliphatic rings. The van der Waals surface area contributed by atoms with Gasteiger partial charge in [-0.3, -0.25) is 4.79 Å². The maximum absolute atomic E-state index is 12.3. The van der Waals surface area contributed by atoms with Crippen LogP contribution in [0.3, 0.4) is 0 Å². The summed E-state index contributed by atoms with van der Waals surface area (Å²) in [5.74, 6) is 0.787. The lowest BCUT2D eigenvalue weighted by molar-refractivity contribution is -0.126. The fraction of sp³-hybridized carbons (Fsp3) is 0.588. The predicted molar refractivity (Wildman–Crippen MR) is 91.4 cm³/mol. The van der Waals surface area contributed by atoms with E-state index >= 15 is 0 Å². The molecule has 1 fully saturated rings. The van der Waals surface area contributed by atoms with Crippen molar-refractivity contribution in [3.8, 4) is 5.75 Å². The minimum atomic E-state index is -0.680. The number of rotatable bonds is 5. The van der Waals surface area contributed by atoms with Gasteiger partial charge in [0.15, 0.2) is 0 Å². The molecule has 0 saturated heterocycles. The summed E-state index contributed by atoms with van der Waals surface area (Å²) in [7, 11) is 0. The summed E-state index contributed by atoms with van der Waals surface area (Å²) in [6, 6.07) is 7.77. The van der Waals surface area contributed by atoms with Crippen molar-refractivity contribution in [2.45, 2.75) is 64.1 Å². The molecule has 0 aromatic heterocycles. The lowest BCUT2D eigenvalue weighted by Crippen LogP contribution is -2.52. The van der Waals surface area contributed by atoms with Gasteiger partial charge in [-0.05, 0) is 51.3 Å². The molecular formula is C17H27ClN2O2. The van der Waals surface area contributed by atoms with Crippen molar-refractivity contribution in [2.24, 2.45) is 5.73 Å². The van der Waals surface area contributed by atoms with Crippen LogP contribution in [0.1, 0.15) is 58.1 Å². The van der Waals surface area contributed by atoms with Gasteiger partial charge in [-0.1, -0.05) is 25.0 Å². The van der Waals surface area contributed by atoms with E-state index in [9.17, 15) is 4.79 Å². The van der Waals surface area contributed by atoms with E-state index in [0.29, 0.717) is 0 Å². The number of carbonyl (C=O) groups excluding carboxylic acids is 1. The molecule has 0 spiro atoms. The average Bonchev–Trinajstić information content (AvgIpc) is 2.86. The molecule has 2 rings (SSSR count). The summed E-state index contributed by atoms with van der Waals surface area (Å²) < 4.78 is 5.69. The van der Waals surface area contributed by atoms with Crippen LogP contribution >= 0.6 is 12.4 Å². The van der Waals surface area contributed by atoms with Gasteiger partial charge in [0.1, 0.15) is 5.75 Å². The van der Waals surface area contributed by atoms with Gasteiger partial charge in [0.05, 0.1) is 17.7 Å². The maximum Gasteiger partial charge on any atom is 0.240 e. The van der Waals surface area contributed by atoms with Crippen molar-refractivity contribution in [1.29, 1.82) is 0 Å². The zero-order valence-electron chi connectivity index (χ0n) is 13.6. The second-order valence-corrected chi connectivity index (χ2v) is 6.30. The van der Waals surface area contributed by atoms with Gasteiger partial charge in [0, 0.05) is 0 Å². The molecule has 1 aliphatic carbocycles. The summed E-state index contributed by atoms with van der Waals surface area (Å²) in [5, 5.41) is 3.04. The van der Waals surface area contributed by atoms with Crippen molar-refractivity contribution in [3.05, 3.63) is 29.8 Å². The van der Waals surface area contributed by atoms with Crippen LogP contribution in [0.5, 0.6) is 5.75 Å². The number of nitrogens with one attached hydrogen (secondary N) is 1. The molecule has 0 aliphatic heterocycles. The molecule has 22 heavy (non-hydrogen) atoms. The topological polar surface area (TPSA) is 64.3 Å². The first-order valence-electron chi connectivity index (χ1n) is 7.77. The first-order chi connectivity index (χ1) is 9.90. The van der Waals surface area contributed by atoms with Crippen molar-refractivity contribution >= 4 is 18.3 Å². The lowest BCUT2D eigenvalue weighted by atomic mass is 9.97.